The van der Waals surface area contributed by atoms with Crippen molar-refractivity contribution in [1.29, 1.82) is 0 Å². The Bertz CT molecular complexity index is 712. The van der Waals surface area contributed by atoms with Crippen molar-refractivity contribution in [2.24, 2.45) is 11.7 Å². The molecule has 1 rings (SSSR count). The Morgan fingerprint density at radius 2 is 1.90 bits per heavy atom. The standard InChI is InChI=1S/C18H30N6O5S/c1-10(2)15(19)17(27)24-12(4-5-30-3)16(26)21-8-14(25)23-13(18(28)29)6-11-7-20-9-22-11/h7,9-10,12-13,15H,4-6,8,19H2,1-3H3,(H,20,22)(H,21,26)(H,23,25)(H,24,27)(H,28,29). The number of carbonyl (C=O) groups excluding carboxylic acids is 3. The lowest BCUT2D eigenvalue weighted by Crippen LogP contribution is -2.54. The SMILES string of the molecule is CSCCC(NC(=O)C(N)C(C)C)C(=O)NCC(=O)NC(Cc1cnc[nH]1)C(=O)O. The van der Waals surface area contributed by atoms with Crippen LogP contribution in [0.2, 0.25) is 0 Å². The number of aromatic amines is 1. The Morgan fingerprint density at radius 1 is 1.20 bits per heavy atom. The van der Waals surface area contributed by atoms with Gasteiger partial charge in [0, 0.05) is 18.3 Å². The van der Waals surface area contributed by atoms with Gasteiger partial charge in [-0.25, -0.2) is 9.78 Å². The van der Waals surface area contributed by atoms with Gasteiger partial charge in [-0.05, 0) is 24.3 Å². The Hall–Kier alpha value is -2.60. The third-order valence-electron chi connectivity index (χ3n) is 4.30. The van der Waals surface area contributed by atoms with Crippen LogP contribution in [0.3, 0.4) is 0 Å². The molecule has 0 aliphatic heterocycles. The van der Waals surface area contributed by atoms with Crippen molar-refractivity contribution in [3.63, 3.8) is 0 Å². The first kappa shape index (κ1) is 25.4. The molecule has 30 heavy (non-hydrogen) atoms. The topological polar surface area (TPSA) is 179 Å². The number of aromatic nitrogens is 2. The maximum atomic E-state index is 12.5. The van der Waals surface area contributed by atoms with Crippen LogP contribution in [0, 0.1) is 5.92 Å². The summed E-state index contributed by atoms with van der Waals surface area (Å²) in [5.41, 5.74) is 6.37. The fourth-order valence-electron chi connectivity index (χ4n) is 2.43. The highest BCUT2D eigenvalue weighted by Crippen LogP contribution is 2.04. The van der Waals surface area contributed by atoms with Gasteiger partial charge in [-0.1, -0.05) is 13.8 Å². The van der Waals surface area contributed by atoms with Gasteiger partial charge in [-0.3, -0.25) is 14.4 Å². The number of nitrogens with two attached hydrogens (primary N) is 1. The van der Waals surface area contributed by atoms with E-state index in [-0.39, 0.29) is 12.3 Å². The van der Waals surface area contributed by atoms with E-state index in [1.54, 1.807) is 13.8 Å². The highest BCUT2D eigenvalue weighted by Gasteiger charge is 2.26. The predicted molar refractivity (Wildman–Crippen MR) is 113 cm³/mol. The molecule has 11 nitrogen and oxygen atoms in total. The Balaban J connectivity index is 2.61. The van der Waals surface area contributed by atoms with Gasteiger partial charge in [-0.2, -0.15) is 11.8 Å². The van der Waals surface area contributed by atoms with Crippen molar-refractivity contribution in [2.75, 3.05) is 18.6 Å². The molecule has 0 saturated heterocycles. The van der Waals surface area contributed by atoms with E-state index < -0.39 is 48.4 Å². The molecule has 0 radical (unpaired) electrons. The van der Waals surface area contributed by atoms with E-state index in [0.717, 1.165) is 0 Å². The number of aliphatic carboxylic acids is 1. The summed E-state index contributed by atoms with van der Waals surface area (Å²) in [7, 11) is 0. The summed E-state index contributed by atoms with van der Waals surface area (Å²) in [6, 6.07) is -2.77. The number of hydrogen-bond acceptors (Lipinski definition) is 7. The molecule has 0 saturated carbocycles. The van der Waals surface area contributed by atoms with Crippen molar-refractivity contribution in [3.05, 3.63) is 18.2 Å². The van der Waals surface area contributed by atoms with Crippen LogP contribution in [-0.4, -0.2) is 75.4 Å². The molecule has 1 heterocycles. The summed E-state index contributed by atoms with van der Waals surface area (Å²) in [4.78, 5) is 54.7. The monoisotopic (exact) mass is 442 g/mol. The highest BCUT2D eigenvalue weighted by molar-refractivity contribution is 7.98. The summed E-state index contributed by atoms with van der Waals surface area (Å²) in [6.45, 7) is 3.18. The number of thioether (sulfide) groups is 1. The normalized spacial score (nSPS) is 13.9. The van der Waals surface area contributed by atoms with Crippen molar-refractivity contribution < 1.29 is 24.3 Å². The molecule has 7 N–H and O–H groups in total. The Kier molecular flexibility index (Phi) is 10.9. The number of hydrogen-bond donors (Lipinski definition) is 6. The van der Waals surface area contributed by atoms with Gasteiger partial charge in [0.1, 0.15) is 12.1 Å². The van der Waals surface area contributed by atoms with Crippen molar-refractivity contribution in [3.8, 4) is 0 Å². The average Bonchev–Trinajstić information content (AvgIpc) is 3.20. The molecule has 0 fully saturated rings. The minimum atomic E-state index is -1.21. The second-order valence-corrected chi connectivity index (χ2v) is 8.06. The first-order valence-corrected chi connectivity index (χ1v) is 10.9. The summed E-state index contributed by atoms with van der Waals surface area (Å²) >= 11 is 1.51. The molecule has 0 bridgehead atoms. The van der Waals surface area contributed by atoms with Gasteiger partial charge in [-0.15, -0.1) is 0 Å². The van der Waals surface area contributed by atoms with Gasteiger partial charge >= 0.3 is 5.97 Å². The van der Waals surface area contributed by atoms with Crippen LogP contribution in [0.25, 0.3) is 0 Å². The predicted octanol–water partition coefficient (Wildman–Crippen LogP) is -1.14. The number of imidazole rings is 1. The molecular formula is C18H30N6O5S. The molecule has 0 spiro atoms. The number of nitrogens with one attached hydrogen (secondary N) is 4. The van der Waals surface area contributed by atoms with E-state index in [1.807, 2.05) is 6.26 Å². The Morgan fingerprint density at radius 3 is 2.43 bits per heavy atom. The molecule has 0 aliphatic rings. The van der Waals surface area contributed by atoms with Crippen molar-refractivity contribution in [2.45, 2.75) is 44.8 Å². The number of rotatable bonds is 13. The first-order valence-electron chi connectivity index (χ1n) is 9.47. The van der Waals surface area contributed by atoms with E-state index in [2.05, 4.69) is 25.9 Å². The lowest BCUT2D eigenvalue weighted by atomic mass is 10.0. The summed E-state index contributed by atoms with van der Waals surface area (Å²) in [6.07, 6.45) is 5.13. The van der Waals surface area contributed by atoms with Gasteiger partial charge in [0.15, 0.2) is 0 Å². The zero-order valence-electron chi connectivity index (χ0n) is 17.3. The molecule has 168 valence electrons. The summed E-state index contributed by atoms with van der Waals surface area (Å²) in [5, 5.41) is 16.7. The van der Waals surface area contributed by atoms with Gasteiger partial charge < -0.3 is 31.8 Å². The van der Waals surface area contributed by atoms with Crippen LogP contribution >= 0.6 is 11.8 Å². The number of amides is 3. The van der Waals surface area contributed by atoms with Gasteiger partial charge in [0.05, 0.1) is 18.9 Å². The van der Waals surface area contributed by atoms with Crippen LogP contribution < -0.4 is 21.7 Å². The van der Waals surface area contributed by atoms with E-state index >= 15 is 0 Å². The second kappa shape index (κ2) is 12.9. The maximum Gasteiger partial charge on any atom is 0.326 e. The van der Waals surface area contributed by atoms with Crippen LogP contribution in [0.4, 0.5) is 0 Å². The third kappa shape index (κ3) is 8.82. The van der Waals surface area contributed by atoms with Crippen LogP contribution in [0.5, 0.6) is 0 Å². The number of carboxylic acids is 1. The molecule has 0 aromatic carbocycles. The van der Waals surface area contributed by atoms with E-state index in [4.69, 9.17) is 5.73 Å². The van der Waals surface area contributed by atoms with E-state index in [1.165, 1.54) is 24.3 Å². The minimum absolute atomic E-state index is 0.0223. The number of carboxylic acid groups (broad SMARTS) is 1. The zero-order valence-corrected chi connectivity index (χ0v) is 18.1. The quantitative estimate of drug-likeness (QED) is 0.222. The van der Waals surface area contributed by atoms with E-state index in [0.29, 0.717) is 17.9 Å². The summed E-state index contributed by atoms with van der Waals surface area (Å²) < 4.78 is 0. The van der Waals surface area contributed by atoms with Crippen molar-refractivity contribution >= 4 is 35.5 Å². The number of nitrogens with zero attached hydrogens (tertiary/aromatic N) is 1. The average molecular weight is 443 g/mol. The molecule has 12 heteroatoms. The zero-order chi connectivity index (χ0) is 22.7. The van der Waals surface area contributed by atoms with E-state index in [9.17, 15) is 24.3 Å². The van der Waals surface area contributed by atoms with Crippen molar-refractivity contribution in [1.82, 2.24) is 25.9 Å². The van der Waals surface area contributed by atoms with Gasteiger partial charge in [0.25, 0.3) is 0 Å². The molecule has 0 aliphatic carbocycles. The molecule has 3 unspecified atom stereocenters. The second-order valence-electron chi connectivity index (χ2n) is 7.07. The van der Waals surface area contributed by atoms with Gasteiger partial charge in [0.2, 0.25) is 17.7 Å². The van der Waals surface area contributed by atoms with Crippen LogP contribution in [0.15, 0.2) is 12.5 Å². The fraction of sp³-hybridized carbons (Fsp3) is 0.611. The maximum absolute atomic E-state index is 12.5. The van der Waals surface area contributed by atoms with Crippen LogP contribution in [0.1, 0.15) is 26.0 Å². The molecule has 3 amide bonds. The smallest absolute Gasteiger partial charge is 0.326 e. The molecular weight excluding hydrogens is 412 g/mol. The largest absolute Gasteiger partial charge is 0.480 e. The minimum Gasteiger partial charge on any atom is -0.480 e. The fourth-order valence-corrected chi connectivity index (χ4v) is 2.90. The lowest BCUT2D eigenvalue weighted by molar-refractivity contribution is -0.141. The molecule has 1 aromatic heterocycles. The molecule has 1 aromatic rings. The molecule has 3 atom stereocenters. The first-order chi connectivity index (χ1) is 14.1. The van der Waals surface area contributed by atoms with Crippen LogP contribution in [-0.2, 0) is 25.6 Å². The number of carbonyl (C=O) groups is 4. The third-order valence-corrected chi connectivity index (χ3v) is 4.94. The lowest BCUT2D eigenvalue weighted by Gasteiger charge is -2.22. The Labute approximate surface area is 179 Å². The highest BCUT2D eigenvalue weighted by atomic mass is 32.2. The summed E-state index contributed by atoms with van der Waals surface area (Å²) in [5.74, 6) is -2.33. The number of H-pyrrole nitrogens is 1.